The number of amides is 2. The molecule has 188 valence electrons. The lowest BCUT2D eigenvalue weighted by atomic mass is 9.94. The highest BCUT2D eigenvalue weighted by Crippen LogP contribution is 2.45. The molecule has 36 heavy (non-hydrogen) atoms. The van der Waals surface area contributed by atoms with E-state index in [9.17, 15) is 19.5 Å². The van der Waals surface area contributed by atoms with Gasteiger partial charge in [0.25, 0.3) is 0 Å². The second-order valence-electron chi connectivity index (χ2n) is 7.57. The summed E-state index contributed by atoms with van der Waals surface area (Å²) in [6.07, 6.45) is 0. The van der Waals surface area contributed by atoms with Crippen LogP contribution >= 0.6 is 69.3 Å². The smallest absolute Gasteiger partial charge is 0.352 e. The summed E-state index contributed by atoms with van der Waals surface area (Å²) < 4.78 is 1.60. The monoisotopic (exact) mass is 598 g/mol. The molecule has 3 aromatic heterocycles. The first kappa shape index (κ1) is 25.7. The van der Waals surface area contributed by atoms with E-state index in [1.165, 1.54) is 62.4 Å². The molecule has 0 bridgehead atoms. The van der Waals surface area contributed by atoms with Crippen molar-refractivity contribution in [3.05, 3.63) is 43.7 Å². The van der Waals surface area contributed by atoms with Gasteiger partial charge in [-0.25, -0.2) is 4.79 Å². The molecular formula is C20H18N6O4S6. The molecule has 3 aromatic rings. The normalized spacial score (nSPS) is 19.2. The molecule has 1 saturated heterocycles. The quantitative estimate of drug-likeness (QED) is 0.202. The minimum absolute atomic E-state index is 0.0227. The molecule has 2 amide bonds. The predicted octanol–water partition coefficient (Wildman–Crippen LogP) is 3.33. The predicted molar refractivity (Wildman–Crippen MR) is 142 cm³/mol. The first-order valence-corrected chi connectivity index (χ1v) is 16.0. The van der Waals surface area contributed by atoms with Gasteiger partial charge in [0.1, 0.15) is 27.0 Å². The lowest BCUT2D eigenvalue weighted by Gasteiger charge is -2.48. The Morgan fingerprint density at radius 1 is 1.17 bits per heavy atom. The van der Waals surface area contributed by atoms with Crippen molar-refractivity contribution in [3.8, 4) is 0 Å². The highest BCUT2D eigenvalue weighted by atomic mass is 32.2. The van der Waals surface area contributed by atoms with Crippen molar-refractivity contribution < 1.29 is 19.5 Å². The van der Waals surface area contributed by atoms with Crippen molar-refractivity contribution in [3.63, 3.8) is 0 Å². The third kappa shape index (κ3) is 5.47. The summed E-state index contributed by atoms with van der Waals surface area (Å²) in [7, 11) is 0. The van der Waals surface area contributed by atoms with Crippen LogP contribution in [0, 0.1) is 12.8 Å². The maximum Gasteiger partial charge on any atom is 0.352 e. The summed E-state index contributed by atoms with van der Waals surface area (Å²) in [5.74, 6) is -1.45. The average Bonchev–Trinajstić information content (AvgIpc) is 3.62. The number of aromatic nitrogens is 4. The fourth-order valence-corrected chi connectivity index (χ4v) is 9.45. The Kier molecular flexibility index (Phi) is 7.97. The van der Waals surface area contributed by atoms with Gasteiger partial charge in [-0.3, -0.25) is 14.5 Å². The minimum atomic E-state index is -1.16. The maximum absolute atomic E-state index is 12.8. The summed E-state index contributed by atoms with van der Waals surface area (Å²) in [6, 6.07) is 3.80. The zero-order valence-corrected chi connectivity index (χ0v) is 23.5. The van der Waals surface area contributed by atoms with Crippen LogP contribution in [0.3, 0.4) is 0 Å². The van der Waals surface area contributed by atoms with Crippen molar-refractivity contribution in [2.75, 3.05) is 11.5 Å². The van der Waals surface area contributed by atoms with Gasteiger partial charge in [0, 0.05) is 16.4 Å². The first-order chi connectivity index (χ1) is 17.4. The van der Waals surface area contributed by atoms with Crippen LogP contribution in [0.1, 0.15) is 14.9 Å². The molecule has 2 aliphatic rings. The van der Waals surface area contributed by atoms with E-state index in [2.05, 4.69) is 25.7 Å². The maximum atomic E-state index is 12.8. The topological polar surface area (TPSA) is 138 Å². The number of thiophene rings is 1. The number of rotatable bonds is 10. The van der Waals surface area contributed by atoms with E-state index in [1.54, 1.807) is 11.8 Å². The lowest BCUT2D eigenvalue weighted by molar-refractivity contribution is -0.157. The van der Waals surface area contributed by atoms with Crippen molar-refractivity contribution in [2.24, 2.45) is 5.92 Å². The number of carboxylic acids is 1. The number of carboxylic acid groups (broad SMARTS) is 1. The third-order valence-electron chi connectivity index (χ3n) is 5.19. The van der Waals surface area contributed by atoms with Gasteiger partial charge in [0.2, 0.25) is 11.8 Å². The van der Waals surface area contributed by atoms with Crippen LogP contribution in [-0.4, -0.2) is 65.1 Å². The summed E-state index contributed by atoms with van der Waals surface area (Å²) in [5.41, 5.74) is 0.612. The van der Waals surface area contributed by atoms with Crippen molar-refractivity contribution in [2.45, 2.75) is 33.3 Å². The molecule has 5 rings (SSSR count). The van der Waals surface area contributed by atoms with Crippen LogP contribution in [0.5, 0.6) is 0 Å². The van der Waals surface area contributed by atoms with Crippen molar-refractivity contribution >= 4 is 87.1 Å². The molecule has 2 atom stereocenters. The molecule has 0 aliphatic carbocycles. The highest BCUT2D eigenvalue weighted by molar-refractivity contribution is 8.02. The zero-order valence-electron chi connectivity index (χ0n) is 18.6. The molecule has 0 saturated carbocycles. The Balaban J connectivity index is 1.19. The number of hydrogen-bond donors (Lipinski definition) is 2. The Labute approximate surface area is 230 Å². The number of fused-ring (bicyclic) bond motifs is 1. The van der Waals surface area contributed by atoms with Gasteiger partial charge in [-0.05, 0) is 23.9 Å². The zero-order chi connectivity index (χ0) is 25.2. The molecule has 0 spiro atoms. The number of nitrogens with one attached hydrogen (secondary N) is 1. The first-order valence-electron chi connectivity index (χ1n) is 10.5. The summed E-state index contributed by atoms with van der Waals surface area (Å²) in [6.45, 7) is 2.26. The Bertz CT molecular complexity index is 1320. The van der Waals surface area contributed by atoms with Crippen molar-refractivity contribution in [1.29, 1.82) is 0 Å². The number of carbonyl (C=O) groups is 3. The lowest BCUT2D eigenvalue weighted by Crippen LogP contribution is -2.65. The van der Waals surface area contributed by atoms with E-state index in [0.717, 1.165) is 23.6 Å². The fourth-order valence-electron chi connectivity index (χ4n) is 3.56. The van der Waals surface area contributed by atoms with E-state index >= 15 is 0 Å². The van der Waals surface area contributed by atoms with Gasteiger partial charge in [-0.15, -0.1) is 43.5 Å². The summed E-state index contributed by atoms with van der Waals surface area (Å²) >= 11 is 8.86. The minimum Gasteiger partial charge on any atom is -0.477 e. The molecule has 5 heterocycles. The van der Waals surface area contributed by atoms with E-state index in [0.29, 0.717) is 29.4 Å². The van der Waals surface area contributed by atoms with E-state index in [4.69, 9.17) is 0 Å². The van der Waals surface area contributed by atoms with E-state index in [-0.39, 0.29) is 11.6 Å². The standard InChI is InChI=1S/C20H18N6O4S6/c1-9-22-24-19(35-9)34-8-12-23-25-20(36-12)33-7-10-6-32-17-13(16(28)26(17)14(10)18(29)30)15(27)21-5-11-3-2-4-31-11/h2-4,13,17H,5-8H2,1H3,(H,21,27)(H,29,30)/t13-,17-/m1/s1. The van der Waals surface area contributed by atoms with Crippen LogP contribution in [0.25, 0.3) is 0 Å². The second-order valence-corrected chi connectivity index (χ2v) is 14.4. The summed E-state index contributed by atoms with van der Waals surface area (Å²) in [5, 5.41) is 32.3. The fraction of sp³-hybridized carbons (Fsp3) is 0.350. The van der Waals surface area contributed by atoms with Crippen LogP contribution in [0.15, 0.2) is 37.5 Å². The number of aliphatic carboxylic acids is 1. The SMILES string of the molecule is Cc1nnc(SCc2nnc(SCC3=C(C(=O)O)N4C(=O)[C@@H](C(=O)NCc5cccs5)[C@H]4SC3)s2)s1. The number of β-lactam (4-membered cyclic amide) rings is 1. The number of hydrogen-bond acceptors (Lipinski definition) is 13. The van der Waals surface area contributed by atoms with Gasteiger partial charge in [0.15, 0.2) is 8.68 Å². The molecule has 0 aromatic carbocycles. The van der Waals surface area contributed by atoms with Gasteiger partial charge in [0.05, 0.1) is 12.3 Å². The Hall–Kier alpha value is -1.98. The molecule has 2 N–H and O–H groups in total. The van der Waals surface area contributed by atoms with E-state index in [1.807, 2.05) is 24.4 Å². The number of carbonyl (C=O) groups excluding carboxylic acids is 2. The van der Waals surface area contributed by atoms with E-state index < -0.39 is 23.2 Å². The molecule has 16 heteroatoms. The molecule has 0 radical (unpaired) electrons. The molecule has 2 aliphatic heterocycles. The molecular weight excluding hydrogens is 581 g/mol. The van der Waals surface area contributed by atoms with Crippen molar-refractivity contribution in [1.82, 2.24) is 30.6 Å². The third-order valence-corrected chi connectivity index (χ3v) is 11.7. The van der Waals surface area contributed by atoms with Crippen LogP contribution in [0.4, 0.5) is 0 Å². The van der Waals surface area contributed by atoms with Gasteiger partial charge >= 0.3 is 5.97 Å². The van der Waals surface area contributed by atoms with Gasteiger partial charge in [-0.1, -0.05) is 52.3 Å². The highest BCUT2D eigenvalue weighted by Gasteiger charge is 2.56. The Morgan fingerprint density at radius 2 is 1.94 bits per heavy atom. The molecule has 0 unspecified atom stereocenters. The number of nitrogens with zero attached hydrogens (tertiary/aromatic N) is 5. The Morgan fingerprint density at radius 3 is 2.67 bits per heavy atom. The average molecular weight is 599 g/mol. The largest absolute Gasteiger partial charge is 0.477 e. The van der Waals surface area contributed by atoms with Gasteiger partial charge < -0.3 is 10.4 Å². The number of aryl methyl sites for hydroxylation is 1. The van der Waals surface area contributed by atoms with Gasteiger partial charge in [-0.2, -0.15) is 0 Å². The molecule has 1 fully saturated rings. The second kappa shape index (κ2) is 11.2. The van der Waals surface area contributed by atoms with Crippen LogP contribution in [-0.2, 0) is 26.7 Å². The van der Waals surface area contributed by atoms with Crippen LogP contribution < -0.4 is 5.32 Å². The summed E-state index contributed by atoms with van der Waals surface area (Å²) in [4.78, 5) is 39.8. The molecule has 10 nitrogen and oxygen atoms in total. The number of thioether (sulfide) groups is 3. The van der Waals surface area contributed by atoms with Crippen LogP contribution in [0.2, 0.25) is 0 Å².